The zero-order valence-electron chi connectivity index (χ0n) is 9.52. The molecule has 0 atom stereocenters. The van der Waals surface area contributed by atoms with Gasteiger partial charge in [-0.3, -0.25) is 4.79 Å². The predicted octanol–water partition coefficient (Wildman–Crippen LogP) is 2.50. The molecule has 1 saturated carbocycles. The summed E-state index contributed by atoms with van der Waals surface area (Å²) in [5.41, 5.74) is 1.22. The van der Waals surface area contributed by atoms with Crippen molar-refractivity contribution in [2.45, 2.75) is 31.8 Å². The summed E-state index contributed by atoms with van der Waals surface area (Å²) in [6.45, 7) is 2.35. The van der Waals surface area contributed by atoms with Crippen molar-refractivity contribution < 1.29 is 4.79 Å². The summed E-state index contributed by atoms with van der Waals surface area (Å²) in [6, 6.07) is 10.1. The summed E-state index contributed by atoms with van der Waals surface area (Å²) in [5, 5.41) is 0. The first-order valence-electron chi connectivity index (χ1n) is 5.61. The lowest BCUT2D eigenvalue weighted by atomic mass is 10.1. The Labute approximate surface area is 102 Å². The number of hydrogen-bond donors (Lipinski definition) is 1. The number of nitrogens with zero attached hydrogens (tertiary/aromatic N) is 1. The monoisotopic (exact) mass is 235 g/mol. The van der Waals surface area contributed by atoms with Crippen LogP contribution in [0.1, 0.15) is 25.3 Å². The third-order valence-electron chi connectivity index (χ3n) is 3.26. The second-order valence-electron chi connectivity index (χ2n) is 4.47. The van der Waals surface area contributed by atoms with Gasteiger partial charge in [0.05, 0.1) is 5.54 Å². The number of carbonyl (C=O) groups is 1. The lowest BCUT2D eigenvalue weighted by Crippen LogP contribution is -2.41. The highest BCUT2D eigenvalue weighted by atomic mass is 32.1. The van der Waals surface area contributed by atoms with Crippen LogP contribution < -0.4 is 0 Å². The van der Waals surface area contributed by atoms with Crippen LogP contribution in [0.25, 0.3) is 0 Å². The summed E-state index contributed by atoms with van der Waals surface area (Å²) < 4.78 is 0. The minimum absolute atomic E-state index is 0.0325. The molecule has 1 fully saturated rings. The Morgan fingerprint density at radius 1 is 1.38 bits per heavy atom. The molecule has 16 heavy (non-hydrogen) atoms. The molecule has 1 aromatic carbocycles. The van der Waals surface area contributed by atoms with Gasteiger partial charge in [0.1, 0.15) is 0 Å². The highest BCUT2D eigenvalue weighted by molar-refractivity contribution is 7.80. The van der Waals surface area contributed by atoms with E-state index in [0.717, 1.165) is 18.6 Å². The van der Waals surface area contributed by atoms with Crippen LogP contribution in [-0.2, 0) is 11.3 Å². The Bertz CT molecular complexity index is 373. The molecule has 1 aromatic rings. The lowest BCUT2D eigenvalue weighted by Gasteiger charge is -2.30. The van der Waals surface area contributed by atoms with E-state index < -0.39 is 0 Å². The minimum Gasteiger partial charge on any atom is -0.332 e. The third kappa shape index (κ3) is 2.24. The van der Waals surface area contributed by atoms with E-state index in [1.165, 1.54) is 5.56 Å². The maximum absolute atomic E-state index is 11.7. The quantitative estimate of drug-likeness (QED) is 0.795. The van der Waals surface area contributed by atoms with Crippen molar-refractivity contribution in [3.63, 3.8) is 0 Å². The Morgan fingerprint density at radius 2 is 2.00 bits per heavy atom. The van der Waals surface area contributed by atoms with Crippen LogP contribution in [0.15, 0.2) is 30.3 Å². The van der Waals surface area contributed by atoms with Gasteiger partial charge in [0.25, 0.3) is 0 Å². The standard InChI is InChI=1S/C13H17NOS/c1-11(15)14(13(10-16)7-8-13)9-12-5-3-2-4-6-12/h2-6,16H,7-10H2,1H3. The van der Waals surface area contributed by atoms with Gasteiger partial charge in [-0.25, -0.2) is 0 Å². The molecule has 1 aliphatic carbocycles. The second kappa shape index (κ2) is 4.50. The smallest absolute Gasteiger partial charge is 0.220 e. The van der Waals surface area contributed by atoms with Crippen molar-refractivity contribution in [2.24, 2.45) is 0 Å². The van der Waals surface area contributed by atoms with Crippen LogP contribution >= 0.6 is 12.6 Å². The fourth-order valence-electron chi connectivity index (χ4n) is 2.04. The third-order valence-corrected chi connectivity index (χ3v) is 3.85. The maximum Gasteiger partial charge on any atom is 0.220 e. The highest BCUT2D eigenvalue weighted by Crippen LogP contribution is 2.43. The largest absolute Gasteiger partial charge is 0.332 e. The fraction of sp³-hybridized carbons (Fsp3) is 0.462. The van der Waals surface area contributed by atoms with Gasteiger partial charge < -0.3 is 4.90 Å². The topological polar surface area (TPSA) is 20.3 Å². The van der Waals surface area contributed by atoms with Crippen LogP contribution in [0.2, 0.25) is 0 Å². The molecule has 1 amide bonds. The summed E-state index contributed by atoms with van der Waals surface area (Å²) >= 11 is 4.37. The predicted molar refractivity (Wildman–Crippen MR) is 68.5 cm³/mol. The molecule has 2 rings (SSSR count). The molecule has 0 radical (unpaired) electrons. The van der Waals surface area contributed by atoms with E-state index >= 15 is 0 Å². The second-order valence-corrected chi connectivity index (χ2v) is 4.79. The number of hydrogen-bond acceptors (Lipinski definition) is 2. The molecule has 86 valence electrons. The van der Waals surface area contributed by atoms with E-state index in [-0.39, 0.29) is 11.4 Å². The average molecular weight is 235 g/mol. The fourth-order valence-corrected chi connectivity index (χ4v) is 2.52. The van der Waals surface area contributed by atoms with Gasteiger partial charge in [0, 0.05) is 19.2 Å². The molecule has 0 bridgehead atoms. The van der Waals surface area contributed by atoms with Crippen LogP contribution in [-0.4, -0.2) is 22.1 Å². The molecule has 0 saturated heterocycles. The molecule has 0 spiro atoms. The highest BCUT2D eigenvalue weighted by Gasteiger charge is 2.47. The zero-order chi connectivity index (χ0) is 11.6. The molecule has 0 aliphatic heterocycles. The van der Waals surface area contributed by atoms with Gasteiger partial charge >= 0.3 is 0 Å². The van der Waals surface area contributed by atoms with Crippen LogP contribution in [0.5, 0.6) is 0 Å². The molecule has 0 heterocycles. The Morgan fingerprint density at radius 3 is 2.44 bits per heavy atom. The number of carbonyl (C=O) groups excluding carboxylic acids is 1. The van der Waals surface area contributed by atoms with E-state index in [9.17, 15) is 4.79 Å². The molecular weight excluding hydrogens is 218 g/mol. The van der Waals surface area contributed by atoms with Crippen molar-refractivity contribution in [3.05, 3.63) is 35.9 Å². The van der Waals surface area contributed by atoms with E-state index in [0.29, 0.717) is 6.54 Å². The first kappa shape index (κ1) is 11.5. The molecule has 0 N–H and O–H groups in total. The summed E-state index contributed by atoms with van der Waals surface area (Å²) in [5.74, 6) is 0.912. The number of benzene rings is 1. The lowest BCUT2D eigenvalue weighted by molar-refractivity contribution is -0.132. The van der Waals surface area contributed by atoms with Crippen molar-refractivity contribution in [1.82, 2.24) is 4.90 Å². The zero-order valence-corrected chi connectivity index (χ0v) is 10.4. The molecule has 2 nitrogen and oxygen atoms in total. The van der Waals surface area contributed by atoms with Crippen LogP contribution in [0, 0.1) is 0 Å². The number of rotatable bonds is 4. The van der Waals surface area contributed by atoms with Gasteiger partial charge in [-0.2, -0.15) is 12.6 Å². The van der Waals surface area contributed by atoms with Crippen molar-refractivity contribution in [2.75, 3.05) is 5.75 Å². The van der Waals surface area contributed by atoms with Gasteiger partial charge in [0.2, 0.25) is 5.91 Å². The van der Waals surface area contributed by atoms with Gasteiger partial charge in [0.15, 0.2) is 0 Å². The number of thiol groups is 1. The maximum atomic E-state index is 11.7. The summed E-state index contributed by atoms with van der Waals surface area (Å²) in [7, 11) is 0. The molecule has 3 heteroatoms. The Hall–Kier alpha value is -0.960. The van der Waals surface area contributed by atoms with Crippen molar-refractivity contribution in [1.29, 1.82) is 0 Å². The normalized spacial score (nSPS) is 16.9. The van der Waals surface area contributed by atoms with E-state index in [2.05, 4.69) is 24.8 Å². The van der Waals surface area contributed by atoms with E-state index in [4.69, 9.17) is 0 Å². The Kier molecular flexibility index (Phi) is 3.24. The molecule has 0 aromatic heterocycles. The van der Waals surface area contributed by atoms with Gasteiger partial charge in [-0.15, -0.1) is 0 Å². The van der Waals surface area contributed by atoms with E-state index in [1.54, 1.807) is 6.92 Å². The van der Waals surface area contributed by atoms with Gasteiger partial charge in [-0.1, -0.05) is 30.3 Å². The van der Waals surface area contributed by atoms with Gasteiger partial charge in [-0.05, 0) is 18.4 Å². The minimum atomic E-state index is 0.0325. The summed E-state index contributed by atoms with van der Waals surface area (Å²) in [4.78, 5) is 13.7. The van der Waals surface area contributed by atoms with Crippen molar-refractivity contribution in [3.8, 4) is 0 Å². The van der Waals surface area contributed by atoms with Crippen LogP contribution in [0.4, 0.5) is 0 Å². The molecular formula is C13H17NOS. The molecule has 1 aliphatic rings. The first-order chi connectivity index (χ1) is 7.68. The summed E-state index contributed by atoms with van der Waals surface area (Å²) in [6.07, 6.45) is 2.17. The average Bonchev–Trinajstić information content (AvgIpc) is 3.08. The van der Waals surface area contributed by atoms with Crippen molar-refractivity contribution >= 4 is 18.5 Å². The van der Waals surface area contributed by atoms with E-state index in [1.807, 2.05) is 23.1 Å². The number of amides is 1. The SMILES string of the molecule is CC(=O)N(Cc1ccccc1)C1(CS)CC1. The Balaban J connectivity index is 2.13. The van der Waals surface area contributed by atoms with Crippen LogP contribution in [0.3, 0.4) is 0 Å². The molecule has 0 unspecified atom stereocenters. The first-order valence-corrected chi connectivity index (χ1v) is 6.24.